The molecule has 0 saturated carbocycles. The Balaban J connectivity index is 2.39. The lowest BCUT2D eigenvalue weighted by atomic mass is 9.99. The van der Waals surface area contributed by atoms with Crippen LogP contribution in [0, 0.1) is 5.41 Å². The fourth-order valence-electron chi connectivity index (χ4n) is 1.15. The Morgan fingerprint density at radius 3 is 2.56 bits per heavy atom. The van der Waals surface area contributed by atoms with Crippen molar-refractivity contribution in [2.24, 2.45) is 10.4 Å². The van der Waals surface area contributed by atoms with E-state index < -0.39 is 0 Å². The van der Waals surface area contributed by atoms with Crippen LogP contribution in [0.3, 0.4) is 0 Å². The van der Waals surface area contributed by atoms with Crippen LogP contribution in [0.5, 0.6) is 0 Å². The van der Waals surface area contributed by atoms with Gasteiger partial charge >= 0.3 is 0 Å². The molecule has 1 aromatic carbocycles. The molecule has 0 fully saturated rings. The number of hydrogen-bond donors (Lipinski definition) is 0. The van der Waals surface area contributed by atoms with E-state index in [0.717, 1.165) is 11.9 Å². The lowest BCUT2D eigenvalue weighted by Crippen LogP contribution is -2.14. The molecule has 2 heteroatoms. The molecule has 0 bridgehead atoms. The lowest BCUT2D eigenvalue weighted by molar-refractivity contribution is 0.623. The van der Waals surface area contributed by atoms with Crippen molar-refractivity contribution in [3.05, 3.63) is 42.0 Å². The second-order valence-corrected chi connectivity index (χ2v) is 4.99. The largest absolute Gasteiger partial charge is 0.293 e. The fraction of sp³-hybridized carbons (Fsp3) is 0.357. The number of benzene rings is 1. The molecule has 0 amide bonds. The van der Waals surface area contributed by atoms with E-state index in [-0.39, 0.29) is 5.41 Å². The zero-order chi connectivity index (χ0) is 11.9. The molecule has 0 aliphatic rings. The summed E-state index contributed by atoms with van der Waals surface area (Å²) < 4.78 is 0. The van der Waals surface area contributed by atoms with E-state index in [2.05, 4.69) is 59.1 Å². The topological polar surface area (TPSA) is 12.4 Å². The molecule has 1 nitrogen and oxygen atoms in total. The zero-order valence-electron chi connectivity index (χ0n) is 9.86. The number of alkyl halides is 1. The molecule has 0 aliphatic heterocycles. The van der Waals surface area contributed by atoms with Gasteiger partial charge in [0, 0.05) is 17.0 Å². The monoisotopic (exact) mass is 279 g/mol. The summed E-state index contributed by atoms with van der Waals surface area (Å²) in [5.74, 6) is 0. The third-order valence-corrected chi connectivity index (χ3v) is 3.55. The van der Waals surface area contributed by atoms with Crippen LogP contribution in [-0.4, -0.2) is 18.1 Å². The van der Waals surface area contributed by atoms with Gasteiger partial charge in [0.05, 0.1) is 6.54 Å². The molecule has 0 aromatic heterocycles. The van der Waals surface area contributed by atoms with E-state index in [4.69, 9.17) is 0 Å². The highest BCUT2D eigenvalue weighted by Gasteiger charge is 2.11. The van der Waals surface area contributed by atoms with E-state index in [1.54, 1.807) is 0 Å². The van der Waals surface area contributed by atoms with Gasteiger partial charge in [-0.3, -0.25) is 4.99 Å². The molecule has 86 valence electrons. The zero-order valence-corrected chi connectivity index (χ0v) is 11.4. The maximum Gasteiger partial charge on any atom is 0.0569 e. The average Bonchev–Trinajstić information content (AvgIpc) is 2.30. The number of hydrogen-bond acceptors (Lipinski definition) is 1. The van der Waals surface area contributed by atoms with Crippen LogP contribution in [-0.2, 0) is 0 Å². The van der Waals surface area contributed by atoms with Gasteiger partial charge in [-0.25, -0.2) is 0 Å². The molecular formula is C14H18BrN. The summed E-state index contributed by atoms with van der Waals surface area (Å²) in [4.78, 5) is 4.39. The van der Waals surface area contributed by atoms with Crippen LogP contribution in [0.15, 0.2) is 41.4 Å². The summed E-state index contributed by atoms with van der Waals surface area (Å²) >= 11 is 3.47. The molecule has 0 radical (unpaired) electrons. The Hall–Kier alpha value is -0.890. The number of halogens is 1. The minimum absolute atomic E-state index is 0.139. The van der Waals surface area contributed by atoms with E-state index in [1.807, 2.05) is 24.4 Å². The predicted molar refractivity (Wildman–Crippen MR) is 76.4 cm³/mol. The van der Waals surface area contributed by atoms with Crippen molar-refractivity contribution in [1.29, 1.82) is 0 Å². The fourth-order valence-corrected chi connectivity index (χ4v) is 1.29. The molecule has 0 N–H and O–H groups in total. The Labute approximate surface area is 106 Å². The summed E-state index contributed by atoms with van der Waals surface area (Å²) in [6.07, 6.45) is 6.19. The minimum atomic E-state index is 0.139. The van der Waals surface area contributed by atoms with Crippen molar-refractivity contribution in [3.8, 4) is 0 Å². The summed E-state index contributed by atoms with van der Waals surface area (Å²) in [7, 11) is 0. The highest BCUT2D eigenvalue weighted by atomic mass is 79.9. The predicted octanol–water partition coefficient (Wildman–Crippen LogP) is 4.19. The molecule has 1 rings (SSSR count). The molecule has 0 spiro atoms. The van der Waals surface area contributed by atoms with Crippen LogP contribution in [0.25, 0.3) is 6.08 Å². The van der Waals surface area contributed by atoms with Crippen LogP contribution >= 0.6 is 15.9 Å². The molecule has 0 atom stereocenters. The second kappa shape index (κ2) is 6.64. The van der Waals surface area contributed by atoms with Crippen LogP contribution < -0.4 is 0 Å². The Morgan fingerprint density at radius 2 is 1.94 bits per heavy atom. The molecule has 1 aromatic rings. The van der Waals surface area contributed by atoms with Crippen molar-refractivity contribution in [3.63, 3.8) is 0 Å². The van der Waals surface area contributed by atoms with E-state index in [1.165, 1.54) is 5.56 Å². The van der Waals surface area contributed by atoms with Gasteiger partial charge < -0.3 is 0 Å². The van der Waals surface area contributed by atoms with Crippen LogP contribution in [0.2, 0.25) is 0 Å². The Morgan fingerprint density at radius 1 is 1.25 bits per heavy atom. The first-order valence-corrected chi connectivity index (χ1v) is 6.55. The highest BCUT2D eigenvalue weighted by Crippen LogP contribution is 2.14. The van der Waals surface area contributed by atoms with Crippen molar-refractivity contribution in [1.82, 2.24) is 0 Å². The van der Waals surface area contributed by atoms with Gasteiger partial charge in [-0.2, -0.15) is 0 Å². The lowest BCUT2D eigenvalue weighted by Gasteiger charge is -2.13. The van der Waals surface area contributed by atoms with E-state index in [0.29, 0.717) is 0 Å². The molecule has 0 unspecified atom stereocenters. The second-order valence-electron chi connectivity index (χ2n) is 4.43. The normalized spacial score (nSPS) is 12.7. The maximum atomic E-state index is 4.39. The van der Waals surface area contributed by atoms with Gasteiger partial charge in [0.2, 0.25) is 0 Å². The molecule has 16 heavy (non-hydrogen) atoms. The third-order valence-electron chi connectivity index (χ3n) is 2.11. The maximum absolute atomic E-state index is 4.39. The Bertz CT molecular complexity index is 352. The van der Waals surface area contributed by atoms with Crippen molar-refractivity contribution in [2.45, 2.75) is 13.8 Å². The summed E-state index contributed by atoms with van der Waals surface area (Å²) in [5, 5.41) is 0.936. The first kappa shape index (κ1) is 13.2. The van der Waals surface area contributed by atoms with Gasteiger partial charge in [-0.05, 0) is 5.56 Å². The number of nitrogens with zero attached hydrogens (tertiary/aromatic N) is 1. The molecular weight excluding hydrogens is 262 g/mol. The summed E-state index contributed by atoms with van der Waals surface area (Å²) in [6.45, 7) is 5.06. The van der Waals surface area contributed by atoms with Gasteiger partial charge in [-0.1, -0.05) is 72.3 Å². The average molecular weight is 280 g/mol. The minimum Gasteiger partial charge on any atom is -0.293 e. The van der Waals surface area contributed by atoms with Gasteiger partial charge in [0.15, 0.2) is 0 Å². The van der Waals surface area contributed by atoms with Crippen molar-refractivity contribution < 1.29 is 0 Å². The summed E-state index contributed by atoms with van der Waals surface area (Å²) in [6, 6.07) is 10.3. The van der Waals surface area contributed by atoms with Crippen LogP contribution in [0.4, 0.5) is 0 Å². The van der Waals surface area contributed by atoms with Gasteiger partial charge in [0.25, 0.3) is 0 Å². The standard InChI is InChI=1S/C14H18BrN/c1-14(2,11-15)12-16-10-6-9-13-7-4-3-5-8-13/h3-9,12H,10-11H2,1-2H3/b9-6+,16-12?. The Kier molecular flexibility index (Phi) is 5.47. The molecule has 0 aliphatic carbocycles. The molecule has 0 saturated heterocycles. The van der Waals surface area contributed by atoms with Crippen molar-refractivity contribution >= 4 is 28.2 Å². The SMILES string of the molecule is CC(C)(C=NC/C=C/c1ccccc1)CBr. The first-order chi connectivity index (χ1) is 7.64. The number of rotatable bonds is 5. The number of aliphatic imine (C=N–C) groups is 1. The third kappa shape index (κ3) is 5.26. The van der Waals surface area contributed by atoms with E-state index >= 15 is 0 Å². The quantitative estimate of drug-likeness (QED) is 0.566. The van der Waals surface area contributed by atoms with Crippen molar-refractivity contribution in [2.75, 3.05) is 11.9 Å². The smallest absolute Gasteiger partial charge is 0.0569 e. The first-order valence-electron chi connectivity index (χ1n) is 5.42. The van der Waals surface area contributed by atoms with Crippen LogP contribution in [0.1, 0.15) is 19.4 Å². The highest BCUT2D eigenvalue weighted by molar-refractivity contribution is 9.09. The summed E-state index contributed by atoms with van der Waals surface area (Å²) in [5.41, 5.74) is 1.36. The van der Waals surface area contributed by atoms with E-state index in [9.17, 15) is 0 Å². The van der Waals surface area contributed by atoms with Gasteiger partial charge in [0.1, 0.15) is 0 Å². The van der Waals surface area contributed by atoms with Gasteiger partial charge in [-0.15, -0.1) is 0 Å². The molecule has 0 heterocycles.